The summed E-state index contributed by atoms with van der Waals surface area (Å²) in [6.07, 6.45) is 6.28. The largest absolute Gasteiger partial charge is 0.496 e. The van der Waals surface area contributed by atoms with Gasteiger partial charge in [-0.05, 0) is 42.9 Å². The van der Waals surface area contributed by atoms with Crippen molar-refractivity contribution in [1.29, 1.82) is 0 Å². The molecule has 1 unspecified atom stereocenters. The van der Waals surface area contributed by atoms with Crippen LogP contribution in [-0.4, -0.2) is 19.7 Å². The third-order valence-corrected chi connectivity index (χ3v) is 4.52. The first-order chi connectivity index (χ1) is 10.2. The Hall–Kier alpha value is -1.22. The number of methoxy groups -OCH3 is 1. The van der Waals surface area contributed by atoms with Crippen molar-refractivity contribution in [2.75, 3.05) is 13.7 Å². The SMILES string of the molecule is CCOC(=O)C(Cl)c1ccc(C2CCCCC2)c(OC)c1. The van der Waals surface area contributed by atoms with Gasteiger partial charge >= 0.3 is 5.97 Å². The van der Waals surface area contributed by atoms with Crippen molar-refractivity contribution in [3.63, 3.8) is 0 Å². The normalized spacial score (nSPS) is 17.3. The van der Waals surface area contributed by atoms with Gasteiger partial charge in [0.25, 0.3) is 0 Å². The molecule has 0 spiro atoms. The molecule has 1 aliphatic rings. The maximum absolute atomic E-state index is 11.7. The molecule has 2 rings (SSSR count). The third-order valence-electron chi connectivity index (χ3n) is 4.09. The lowest BCUT2D eigenvalue weighted by Crippen LogP contribution is -2.12. The van der Waals surface area contributed by atoms with Crippen LogP contribution in [0.2, 0.25) is 0 Å². The van der Waals surface area contributed by atoms with Crippen molar-refractivity contribution in [3.8, 4) is 5.75 Å². The van der Waals surface area contributed by atoms with Gasteiger partial charge < -0.3 is 9.47 Å². The second kappa shape index (κ2) is 7.69. The molecule has 0 radical (unpaired) electrons. The fraction of sp³-hybridized carbons (Fsp3) is 0.588. The first-order valence-electron chi connectivity index (χ1n) is 7.66. The second-order valence-corrected chi connectivity index (χ2v) is 5.89. The zero-order chi connectivity index (χ0) is 15.2. The summed E-state index contributed by atoms with van der Waals surface area (Å²) in [6, 6.07) is 5.85. The summed E-state index contributed by atoms with van der Waals surface area (Å²) in [5.41, 5.74) is 1.96. The second-order valence-electron chi connectivity index (χ2n) is 5.45. The molecule has 0 aromatic heterocycles. The highest BCUT2D eigenvalue weighted by Gasteiger charge is 2.23. The van der Waals surface area contributed by atoms with Gasteiger partial charge in [-0.25, -0.2) is 0 Å². The molecule has 1 atom stereocenters. The molecule has 1 aromatic carbocycles. The van der Waals surface area contributed by atoms with E-state index in [0.29, 0.717) is 12.5 Å². The van der Waals surface area contributed by atoms with Gasteiger partial charge in [0, 0.05) is 0 Å². The predicted octanol–water partition coefficient (Wildman–Crippen LogP) is 4.59. The number of carbonyl (C=O) groups excluding carboxylic acids is 1. The minimum absolute atomic E-state index is 0.333. The number of carbonyl (C=O) groups is 1. The number of benzene rings is 1. The van der Waals surface area contributed by atoms with Crippen LogP contribution in [0.4, 0.5) is 0 Å². The van der Waals surface area contributed by atoms with Crippen LogP contribution in [0.3, 0.4) is 0 Å². The molecular weight excluding hydrogens is 288 g/mol. The van der Waals surface area contributed by atoms with Gasteiger partial charge in [-0.2, -0.15) is 0 Å². The number of esters is 1. The zero-order valence-corrected chi connectivity index (χ0v) is 13.5. The van der Waals surface area contributed by atoms with Gasteiger partial charge in [0.2, 0.25) is 0 Å². The standard InChI is InChI=1S/C17H23ClO3/c1-3-21-17(19)16(18)13-9-10-14(15(11-13)20-2)12-7-5-4-6-8-12/h9-12,16H,3-8H2,1-2H3. The summed E-state index contributed by atoms with van der Waals surface area (Å²) in [4.78, 5) is 11.7. The lowest BCUT2D eigenvalue weighted by Gasteiger charge is -2.24. The van der Waals surface area contributed by atoms with E-state index in [9.17, 15) is 4.79 Å². The predicted molar refractivity (Wildman–Crippen MR) is 84.0 cm³/mol. The van der Waals surface area contributed by atoms with E-state index >= 15 is 0 Å². The van der Waals surface area contributed by atoms with E-state index in [0.717, 1.165) is 11.3 Å². The summed E-state index contributed by atoms with van der Waals surface area (Å²) in [7, 11) is 1.67. The van der Waals surface area contributed by atoms with Crippen molar-refractivity contribution in [2.45, 2.75) is 50.3 Å². The molecular formula is C17H23ClO3. The molecule has 21 heavy (non-hydrogen) atoms. The lowest BCUT2D eigenvalue weighted by molar-refractivity contribution is -0.142. The van der Waals surface area contributed by atoms with E-state index in [1.807, 2.05) is 12.1 Å². The minimum Gasteiger partial charge on any atom is -0.496 e. The average Bonchev–Trinajstić information content (AvgIpc) is 2.54. The van der Waals surface area contributed by atoms with E-state index in [1.54, 1.807) is 14.0 Å². The summed E-state index contributed by atoms with van der Waals surface area (Å²) < 4.78 is 10.5. The third kappa shape index (κ3) is 3.91. The number of halogens is 1. The minimum atomic E-state index is -0.778. The number of hydrogen-bond acceptors (Lipinski definition) is 3. The molecule has 0 bridgehead atoms. The maximum Gasteiger partial charge on any atom is 0.328 e. The number of alkyl halides is 1. The summed E-state index contributed by atoms with van der Waals surface area (Å²) in [5.74, 6) is 0.972. The number of rotatable bonds is 5. The molecule has 3 nitrogen and oxygen atoms in total. The lowest BCUT2D eigenvalue weighted by atomic mass is 9.83. The van der Waals surface area contributed by atoms with Gasteiger partial charge in [0.05, 0.1) is 13.7 Å². The van der Waals surface area contributed by atoms with E-state index in [1.165, 1.54) is 37.7 Å². The molecule has 1 fully saturated rings. The summed E-state index contributed by atoms with van der Waals surface area (Å²) in [6.45, 7) is 2.10. The molecule has 0 N–H and O–H groups in total. The van der Waals surface area contributed by atoms with Gasteiger partial charge in [0.1, 0.15) is 5.75 Å². The van der Waals surface area contributed by atoms with Crippen LogP contribution in [0.15, 0.2) is 18.2 Å². The highest BCUT2D eigenvalue weighted by molar-refractivity contribution is 6.29. The molecule has 116 valence electrons. The maximum atomic E-state index is 11.7. The smallest absolute Gasteiger partial charge is 0.328 e. The van der Waals surface area contributed by atoms with Gasteiger partial charge in [-0.15, -0.1) is 11.6 Å². The number of ether oxygens (including phenoxy) is 2. The van der Waals surface area contributed by atoms with Gasteiger partial charge in [0.15, 0.2) is 5.38 Å². The Morgan fingerprint density at radius 3 is 2.67 bits per heavy atom. The van der Waals surface area contributed by atoms with E-state index in [-0.39, 0.29) is 0 Å². The average molecular weight is 311 g/mol. The Bertz CT molecular complexity index is 481. The van der Waals surface area contributed by atoms with Crippen molar-refractivity contribution < 1.29 is 14.3 Å². The highest BCUT2D eigenvalue weighted by atomic mass is 35.5. The Morgan fingerprint density at radius 1 is 1.33 bits per heavy atom. The van der Waals surface area contributed by atoms with Crippen molar-refractivity contribution in [1.82, 2.24) is 0 Å². The van der Waals surface area contributed by atoms with Crippen LogP contribution in [0.25, 0.3) is 0 Å². The molecule has 0 amide bonds. The topological polar surface area (TPSA) is 35.5 Å². The Labute approximate surface area is 131 Å². The van der Waals surface area contributed by atoms with Crippen molar-refractivity contribution >= 4 is 17.6 Å². The molecule has 0 heterocycles. The van der Waals surface area contributed by atoms with Crippen LogP contribution in [0.5, 0.6) is 5.75 Å². The molecule has 4 heteroatoms. The number of hydrogen-bond donors (Lipinski definition) is 0. The van der Waals surface area contributed by atoms with Crippen LogP contribution in [0, 0.1) is 0 Å². The van der Waals surface area contributed by atoms with E-state index < -0.39 is 11.3 Å². The Balaban J connectivity index is 2.21. The molecule has 1 aliphatic carbocycles. The first-order valence-corrected chi connectivity index (χ1v) is 8.09. The van der Waals surface area contributed by atoms with Gasteiger partial charge in [-0.1, -0.05) is 31.4 Å². The van der Waals surface area contributed by atoms with Gasteiger partial charge in [-0.3, -0.25) is 4.79 Å². The Morgan fingerprint density at radius 2 is 2.05 bits per heavy atom. The quantitative estimate of drug-likeness (QED) is 0.589. The zero-order valence-electron chi connectivity index (χ0n) is 12.7. The first kappa shape index (κ1) is 16.2. The molecule has 1 aromatic rings. The fourth-order valence-electron chi connectivity index (χ4n) is 2.99. The van der Waals surface area contributed by atoms with Crippen LogP contribution < -0.4 is 4.74 Å². The molecule has 1 saturated carbocycles. The van der Waals surface area contributed by atoms with E-state index in [2.05, 4.69) is 6.07 Å². The van der Waals surface area contributed by atoms with Crippen molar-refractivity contribution in [2.24, 2.45) is 0 Å². The Kier molecular flexibility index (Phi) is 5.92. The van der Waals surface area contributed by atoms with Crippen LogP contribution >= 0.6 is 11.6 Å². The molecule has 0 saturated heterocycles. The monoisotopic (exact) mass is 310 g/mol. The van der Waals surface area contributed by atoms with Crippen LogP contribution in [-0.2, 0) is 9.53 Å². The summed E-state index contributed by atoms with van der Waals surface area (Å²) in [5, 5.41) is -0.778. The highest BCUT2D eigenvalue weighted by Crippen LogP contribution is 2.39. The van der Waals surface area contributed by atoms with E-state index in [4.69, 9.17) is 21.1 Å². The summed E-state index contributed by atoms with van der Waals surface area (Å²) >= 11 is 6.17. The van der Waals surface area contributed by atoms with Crippen molar-refractivity contribution in [3.05, 3.63) is 29.3 Å². The molecule has 0 aliphatic heterocycles. The fourth-order valence-corrected chi connectivity index (χ4v) is 3.19. The van der Waals surface area contributed by atoms with Crippen LogP contribution in [0.1, 0.15) is 61.4 Å².